The molecule has 1 atom stereocenters. The van der Waals surface area contributed by atoms with Gasteiger partial charge in [-0.1, -0.05) is 13.0 Å². The lowest BCUT2D eigenvalue weighted by atomic mass is 9.86. The lowest BCUT2D eigenvalue weighted by Crippen LogP contribution is -2.35. The SMILES string of the molecule is CCCNC1CCc2ccc3[nH]c(C(N)=O)cc3c2C1. The average molecular weight is 271 g/mol. The van der Waals surface area contributed by atoms with E-state index < -0.39 is 5.91 Å². The van der Waals surface area contributed by atoms with Crippen molar-refractivity contribution in [1.82, 2.24) is 10.3 Å². The highest BCUT2D eigenvalue weighted by molar-refractivity contribution is 5.98. The predicted octanol–water partition coefficient (Wildman–Crippen LogP) is 2.12. The van der Waals surface area contributed by atoms with Crippen LogP contribution in [0.2, 0.25) is 0 Å². The molecule has 106 valence electrons. The third kappa shape index (κ3) is 2.31. The molecule has 4 nitrogen and oxygen atoms in total. The molecule has 4 heteroatoms. The van der Waals surface area contributed by atoms with Crippen molar-refractivity contribution in [3.05, 3.63) is 35.0 Å². The normalized spacial score (nSPS) is 18.1. The molecule has 2 aromatic rings. The highest BCUT2D eigenvalue weighted by Crippen LogP contribution is 2.29. The summed E-state index contributed by atoms with van der Waals surface area (Å²) < 4.78 is 0. The first-order valence-electron chi connectivity index (χ1n) is 7.35. The summed E-state index contributed by atoms with van der Waals surface area (Å²) in [6, 6.07) is 6.67. The van der Waals surface area contributed by atoms with Crippen molar-refractivity contribution in [2.75, 3.05) is 6.54 Å². The van der Waals surface area contributed by atoms with Gasteiger partial charge < -0.3 is 16.0 Å². The molecule has 0 fully saturated rings. The maximum atomic E-state index is 11.3. The molecule has 1 aromatic carbocycles. The number of rotatable bonds is 4. The molecule has 1 unspecified atom stereocenters. The van der Waals surface area contributed by atoms with Gasteiger partial charge in [0.1, 0.15) is 5.69 Å². The van der Waals surface area contributed by atoms with E-state index in [1.807, 2.05) is 6.07 Å². The van der Waals surface area contributed by atoms with Gasteiger partial charge in [-0.25, -0.2) is 0 Å². The van der Waals surface area contributed by atoms with Crippen LogP contribution in [0, 0.1) is 0 Å². The third-order valence-electron chi connectivity index (χ3n) is 4.17. The van der Waals surface area contributed by atoms with Gasteiger partial charge in [0.25, 0.3) is 5.91 Å². The number of H-pyrrole nitrogens is 1. The van der Waals surface area contributed by atoms with E-state index in [0.717, 1.165) is 36.7 Å². The molecule has 1 aliphatic rings. The van der Waals surface area contributed by atoms with Gasteiger partial charge in [0, 0.05) is 16.9 Å². The molecule has 1 heterocycles. The highest BCUT2D eigenvalue weighted by Gasteiger charge is 2.21. The number of nitrogens with one attached hydrogen (secondary N) is 2. The topological polar surface area (TPSA) is 70.9 Å². The fourth-order valence-corrected chi connectivity index (χ4v) is 3.12. The largest absolute Gasteiger partial charge is 0.364 e. The summed E-state index contributed by atoms with van der Waals surface area (Å²) in [6.45, 7) is 3.25. The second-order valence-electron chi connectivity index (χ2n) is 5.61. The second-order valence-corrected chi connectivity index (χ2v) is 5.61. The van der Waals surface area contributed by atoms with Crippen LogP contribution in [-0.4, -0.2) is 23.5 Å². The van der Waals surface area contributed by atoms with E-state index in [4.69, 9.17) is 5.73 Å². The molecule has 0 spiro atoms. The number of carbonyl (C=O) groups excluding carboxylic acids is 1. The molecular weight excluding hydrogens is 250 g/mol. The predicted molar refractivity (Wildman–Crippen MR) is 80.9 cm³/mol. The molecule has 0 aliphatic heterocycles. The van der Waals surface area contributed by atoms with Gasteiger partial charge in [0.05, 0.1) is 0 Å². The van der Waals surface area contributed by atoms with Crippen molar-refractivity contribution in [3.63, 3.8) is 0 Å². The molecule has 4 N–H and O–H groups in total. The number of nitrogens with two attached hydrogens (primary N) is 1. The Kier molecular flexibility index (Phi) is 3.49. The van der Waals surface area contributed by atoms with E-state index in [2.05, 4.69) is 29.4 Å². The van der Waals surface area contributed by atoms with Gasteiger partial charge in [0.2, 0.25) is 0 Å². The highest BCUT2D eigenvalue weighted by atomic mass is 16.1. The Bertz CT molecular complexity index is 644. The zero-order valence-corrected chi connectivity index (χ0v) is 11.8. The number of benzene rings is 1. The fraction of sp³-hybridized carbons (Fsp3) is 0.438. The summed E-state index contributed by atoms with van der Waals surface area (Å²) in [5, 5.41) is 4.76. The number of fused-ring (bicyclic) bond motifs is 3. The van der Waals surface area contributed by atoms with Crippen LogP contribution in [0.5, 0.6) is 0 Å². The van der Waals surface area contributed by atoms with Gasteiger partial charge in [-0.15, -0.1) is 0 Å². The molecule has 0 saturated heterocycles. The van der Waals surface area contributed by atoms with Gasteiger partial charge in [-0.2, -0.15) is 0 Å². The number of hydrogen-bond donors (Lipinski definition) is 3. The van der Waals surface area contributed by atoms with Crippen LogP contribution in [0.3, 0.4) is 0 Å². The molecular formula is C16H21N3O. The quantitative estimate of drug-likeness (QED) is 0.797. The first-order chi connectivity index (χ1) is 9.69. The molecule has 3 rings (SSSR count). The van der Waals surface area contributed by atoms with Crippen LogP contribution < -0.4 is 11.1 Å². The van der Waals surface area contributed by atoms with Gasteiger partial charge >= 0.3 is 0 Å². The summed E-state index contributed by atoms with van der Waals surface area (Å²) in [5.74, 6) is -0.397. The van der Waals surface area contributed by atoms with E-state index in [1.165, 1.54) is 17.5 Å². The average Bonchev–Trinajstić information content (AvgIpc) is 2.89. The third-order valence-corrected chi connectivity index (χ3v) is 4.17. The Morgan fingerprint density at radius 2 is 2.35 bits per heavy atom. The van der Waals surface area contributed by atoms with Crippen molar-refractivity contribution in [2.45, 2.75) is 38.6 Å². The Hall–Kier alpha value is -1.81. The van der Waals surface area contributed by atoms with Gasteiger partial charge in [-0.3, -0.25) is 4.79 Å². The number of aromatic nitrogens is 1. The van der Waals surface area contributed by atoms with Crippen LogP contribution in [0.1, 0.15) is 41.4 Å². The molecule has 20 heavy (non-hydrogen) atoms. The van der Waals surface area contributed by atoms with Crippen LogP contribution >= 0.6 is 0 Å². The zero-order chi connectivity index (χ0) is 14.1. The molecule has 1 aliphatic carbocycles. The summed E-state index contributed by atoms with van der Waals surface area (Å²) in [4.78, 5) is 14.4. The number of hydrogen-bond acceptors (Lipinski definition) is 2. The van der Waals surface area contributed by atoms with E-state index >= 15 is 0 Å². The van der Waals surface area contributed by atoms with Crippen LogP contribution in [0.25, 0.3) is 10.9 Å². The number of aromatic amines is 1. The minimum Gasteiger partial charge on any atom is -0.364 e. The van der Waals surface area contributed by atoms with Crippen molar-refractivity contribution < 1.29 is 4.79 Å². The molecule has 0 bridgehead atoms. The molecule has 0 radical (unpaired) electrons. The summed E-state index contributed by atoms with van der Waals surface area (Å²) in [5.41, 5.74) is 9.64. The number of amides is 1. The standard InChI is InChI=1S/C16H21N3O/c1-2-7-18-11-5-3-10-4-6-14-13(12(10)8-11)9-15(19-14)16(17)20/h4,6,9,11,18-19H,2-3,5,7-8H2,1H3,(H2,17,20). The van der Waals surface area contributed by atoms with Crippen LogP contribution in [0.4, 0.5) is 0 Å². The van der Waals surface area contributed by atoms with Crippen molar-refractivity contribution in [3.8, 4) is 0 Å². The van der Waals surface area contributed by atoms with Gasteiger partial charge in [0.15, 0.2) is 0 Å². The maximum absolute atomic E-state index is 11.3. The number of aryl methyl sites for hydroxylation is 1. The first-order valence-corrected chi connectivity index (χ1v) is 7.35. The Labute approximate surface area is 118 Å². The van der Waals surface area contributed by atoms with Crippen molar-refractivity contribution in [1.29, 1.82) is 0 Å². The number of primary amides is 1. The van der Waals surface area contributed by atoms with Crippen molar-refractivity contribution >= 4 is 16.8 Å². The Morgan fingerprint density at radius 1 is 1.50 bits per heavy atom. The Morgan fingerprint density at radius 3 is 3.10 bits per heavy atom. The lowest BCUT2D eigenvalue weighted by molar-refractivity contribution is 0.0996. The summed E-state index contributed by atoms with van der Waals surface area (Å²) in [7, 11) is 0. The monoisotopic (exact) mass is 271 g/mol. The van der Waals surface area contributed by atoms with E-state index in [-0.39, 0.29) is 0 Å². The second kappa shape index (κ2) is 5.29. The van der Waals surface area contributed by atoms with E-state index in [9.17, 15) is 4.79 Å². The van der Waals surface area contributed by atoms with Crippen LogP contribution in [0.15, 0.2) is 18.2 Å². The van der Waals surface area contributed by atoms with E-state index in [0.29, 0.717) is 11.7 Å². The van der Waals surface area contributed by atoms with Crippen LogP contribution in [-0.2, 0) is 12.8 Å². The summed E-state index contributed by atoms with van der Waals surface area (Å²) >= 11 is 0. The van der Waals surface area contributed by atoms with Crippen molar-refractivity contribution in [2.24, 2.45) is 5.73 Å². The smallest absolute Gasteiger partial charge is 0.265 e. The molecule has 0 saturated carbocycles. The minimum absolute atomic E-state index is 0.397. The van der Waals surface area contributed by atoms with E-state index in [1.54, 1.807) is 0 Å². The molecule has 1 amide bonds. The number of carbonyl (C=O) groups is 1. The zero-order valence-electron chi connectivity index (χ0n) is 11.8. The Balaban J connectivity index is 1.97. The lowest BCUT2D eigenvalue weighted by Gasteiger charge is -2.26. The summed E-state index contributed by atoms with van der Waals surface area (Å²) in [6.07, 6.45) is 4.47. The fourth-order valence-electron chi connectivity index (χ4n) is 3.12. The van der Waals surface area contributed by atoms with Gasteiger partial charge in [-0.05, 0) is 55.5 Å². The first kappa shape index (κ1) is 13.2. The maximum Gasteiger partial charge on any atom is 0.265 e. The minimum atomic E-state index is -0.397. The molecule has 1 aromatic heterocycles.